The first-order valence-electron chi connectivity index (χ1n) is 10.4. The second-order valence-corrected chi connectivity index (χ2v) is 9.53. The second-order valence-electron chi connectivity index (χ2n) is 8.10. The van der Waals surface area contributed by atoms with Crippen LogP contribution in [0.15, 0.2) is 22.6 Å². The Hall–Kier alpha value is -1.97. The summed E-state index contributed by atoms with van der Waals surface area (Å²) in [7, 11) is -3.33. The fraction of sp³-hybridized carbons (Fsp3) is 0.600. The van der Waals surface area contributed by atoms with Crippen LogP contribution in [-0.4, -0.2) is 44.9 Å². The van der Waals surface area contributed by atoms with Gasteiger partial charge in [-0.1, -0.05) is 25.3 Å². The number of carbonyl (C=O) groups is 1. The fourth-order valence-electron chi connectivity index (χ4n) is 4.59. The van der Waals surface area contributed by atoms with E-state index in [4.69, 9.17) is 10.5 Å². The molecule has 9 heteroatoms. The van der Waals surface area contributed by atoms with Gasteiger partial charge < -0.3 is 15.4 Å². The maximum absolute atomic E-state index is 13.1. The minimum atomic E-state index is -3.33. The molecule has 0 unspecified atom stereocenters. The largest absolute Gasteiger partial charge is 0.491 e. The highest BCUT2D eigenvalue weighted by atomic mass is 32.3. The van der Waals surface area contributed by atoms with E-state index in [0.29, 0.717) is 23.6 Å². The average molecular weight is 423 g/mol. The molecule has 1 aromatic carbocycles. The Kier molecular flexibility index (Phi) is 5.89. The summed E-state index contributed by atoms with van der Waals surface area (Å²) >= 11 is 0. The number of carbonyl (C=O) groups excluding carboxylic acids is 1. The number of amidine groups is 1. The lowest BCUT2D eigenvalue weighted by Gasteiger charge is -2.38. The Morgan fingerprint density at radius 3 is 2.76 bits per heavy atom. The summed E-state index contributed by atoms with van der Waals surface area (Å²) in [6, 6.07) is 5.30. The van der Waals surface area contributed by atoms with E-state index in [1.54, 1.807) is 18.2 Å². The number of rotatable bonds is 4. The first-order chi connectivity index (χ1) is 13.9. The van der Waals surface area contributed by atoms with Gasteiger partial charge in [0.05, 0.1) is 17.3 Å². The van der Waals surface area contributed by atoms with E-state index in [0.717, 1.165) is 51.5 Å². The maximum Gasteiger partial charge on any atom is 0.226 e. The molecule has 2 fully saturated rings. The van der Waals surface area contributed by atoms with Crippen molar-refractivity contribution in [3.63, 3.8) is 0 Å². The maximum atomic E-state index is 13.1. The monoisotopic (exact) mass is 422 g/mol. The van der Waals surface area contributed by atoms with Crippen LogP contribution in [-0.2, 0) is 4.79 Å². The number of fused-ring (bicyclic) bond motifs is 1. The van der Waals surface area contributed by atoms with Crippen molar-refractivity contribution in [1.29, 1.82) is 0 Å². The van der Waals surface area contributed by atoms with Crippen LogP contribution >= 0.6 is 11.0 Å². The van der Waals surface area contributed by atoms with Gasteiger partial charge in [0.1, 0.15) is 12.4 Å². The number of benzene rings is 1. The van der Waals surface area contributed by atoms with Gasteiger partial charge >= 0.3 is 0 Å². The fourth-order valence-corrected chi connectivity index (χ4v) is 5.46. The number of amides is 1. The standard InChI is InChI=1S/C20H30N4O4S/c21-19-18-16(22-29(26,27)23-19)10-6-11-17(18)28-13-15-9-4-5-12-24(15)20(25)14-7-2-1-3-8-14/h6,10-11,14-15,22,26-27H,1-5,7-9,12-13H2,(H2,21,23)/t15-/m1/s1. The SMILES string of the molecule is NC1=NS(O)(O)Nc2cccc(OC[C@H]3CCCCN3C(=O)C3CCCCC3)c21. The minimum absolute atomic E-state index is 0.0353. The van der Waals surface area contributed by atoms with Gasteiger partial charge in [-0.05, 0) is 55.2 Å². The topological polar surface area (TPSA) is 120 Å². The van der Waals surface area contributed by atoms with Crippen LogP contribution < -0.4 is 15.2 Å². The Bertz CT molecular complexity index is 795. The predicted octanol–water partition coefficient (Wildman–Crippen LogP) is 3.74. The molecule has 8 nitrogen and oxygen atoms in total. The molecule has 1 aliphatic carbocycles. The summed E-state index contributed by atoms with van der Waals surface area (Å²) in [5.41, 5.74) is 6.98. The lowest BCUT2D eigenvalue weighted by atomic mass is 9.87. The molecule has 2 aliphatic heterocycles. The minimum Gasteiger partial charge on any atom is -0.491 e. The quantitative estimate of drug-likeness (QED) is 0.587. The van der Waals surface area contributed by atoms with Crippen molar-refractivity contribution in [1.82, 2.24) is 4.90 Å². The molecule has 3 aliphatic rings. The molecule has 2 heterocycles. The zero-order chi connectivity index (χ0) is 20.4. The van der Waals surface area contributed by atoms with Crippen molar-refractivity contribution < 1.29 is 18.6 Å². The molecule has 1 aromatic rings. The van der Waals surface area contributed by atoms with Gasteiger partial charge in [0, 0.05) is 12.5 Å². The van der Waals surface area contributed by atoms with Gasteiger partial charge in [-0.3, -0.25) is 18.6 Å². The Morgan fingerprint density at radius 2 is 1.97 bits per heavy atom. The van der Waals surface area contributed by atoms with Crippen LogP contribution in [0, 0.1) is 5.92 Å². The van der Waals surface area contributed by atoms with Crippen LogP contribution in [0.2, 0.25) is 0 Å². The number of hydrogen-bond acceptors (Lipinski definition) is 7. The van der Waals surface area contributed by atoms with E-state index in [1.165, 1.54) is 6.42 Å². The molecule has 1 atom stereocenters. The predicted molar refractivity (Wildman–Crippen MR) is 115 cm³/mol. The molecule has 0 aromatic heterocycles. The van der Waals surface area contributed by atoms with E-state index in [-0.39, 0.29) is 23.7 Å². The van der Waals surface area contributed by atoms with Gasteiger partial charge in [0.15, 0.2) is 5.84 Å². The van der Waals surface area contributed by atoms with Crippen LogP contribution in [0.3, 0.4) is 0 Å². The molecule has 29 heavy (non-hydrogen) atoms. The van der Waals surface area contributed by atoms with Gasteiger partial charge in [-0.25, -0.2) is 0 Å². The van der Waals surface area contributed by atoms with E-state index < -0.39 is 11.0 Å². The Labute approximate surface area is 173 Å². The molecule has 5 N–H and O–H groups in total. The molecule has 160 valence electrons. The Morgan fingerprint density at radius 1 is 1.21 bits per heavy atom. The number of anilines is 1. The van der Waals surface area contributed by atoms with E-state index in [1.807, 2.05) is 4.90 Å². The molecule has 0 bridgehead atoms. The molecular weight excluding hydrogens is 392 g/mol. The van der Waals surface area contributed by atoms with Crippen molar-refractivity contribution >= 4 is 28.4 Å². The smallest absolute Gasteiger partial charge is 0.226 e. The van der Waals surface area contributed by atoms with E-state index >= 15 is 0 Å². The average Bonchev–Trinajstić information content (AvgIpc) is 2.71. The highest BCUT2D eigenvalue weighted by Gasteiger charge is 2.33. The summed E-state index contributed by atoms with van der Waals surface area (Å²) in [6.45, 7) is 1.18. The van der Waals surface area contributed by atoms with Crippen molar-refractivity contribution in [2.75, 3.05) is 17.9 Å². The van der Waals surface area contributed by atoms with E-state index in [9.17, 15) is 13.9 Å². The lowest BCUT2D eigenvalue weighted by molar-refractivity contribution is -0.141. The molecule has 0 radical (unpaired) electrons. The van der Waals surface area contributed by atoms with Gasteiger partial charge in [-0.15, -0.1) is 4.40 Å². The number of piperidine rings is 1. The molecule has 1 amide bonds. The second kappa shape index (κ2) is 8.41. The van der Waals surface area contributed by atoms with Crippen LogP contribution in [0.25, 0.3) is 0 Å². The molecular formula is C20H30N4O4S. The number of nitrogens with zero attached hydrogens (tertiary/aromatic N) is 2. The number of nitrogens with two attached hydrogens (primary N) is 1. The third kappa shape index (κ3) is 4.46. The van der Waals surface area contributed by atoms with Gasteiger partial charge in [0.2, 0.25) is 5.91 Å². The van der Waals surface area contributed by atoms with E-state index in [2.05, 4.69) is 9.12 Å². The van der Waals surface area contributed by atoms with Crippen molar-refractivity contribution in [2.45, 2.75) is 57.4 Å². The van der Waals surface area contributed by atoms with Crippen LogP contribution in [0.5, 0.6) is 5.75 Å². The normalized spacial score (nSPS) is 25.4. The molecule has 1 saturated heterocycles. The summed E-state index contributed by atoms with van der Waals surface area (Å²) in [4.78, 5) is 15.1. The van der Waals surface area contributed by atoms with Crippen LogP contribution in [0.1, 0.15) is 56.9 Å². The van der Waals surface area contributed by atoms with Gasteiger partial charge in [0.25, 0.3) is 0 Å². The number of hydrogen-bond donors (Lipinski definition) is 4. The van der Waals surface area contributed by atoms with Crippen molar-refractivity contribution in [2.24, 2.45) is 16.0 Å². The third-order valence-electron chi connectivity index (χ3n) is 6.05. The molecule has 4 rings (SSSR count). The van der Waals surface area contributed by atoms with Crippen molar-refractivity contribution in [3.05, 3.63) is 23.8 Å². The summed E-state index contributed by atoms with van der Waals surface area (Å²) in [5.74, 6) is 1.01. The number of ether oxygens (including phenoxy) is 1. The van der Waals surface area contributed by atoms with Crippen LogP contribution in [0.4, 0.5) is 5.69 Å². The number of likely N-dealkylation sites (tertiary alicyclic amines) is 1. The lowest BCUT2D eigenvalue weighted by Crippen LogP contribution is -2.49. The number of nitrogens with one attached hydrogen (secondary N) is 1. The highest BCUT2D eigenvalue weighted by molar-refractivity contribution is 8.24. The summed E-state index contributed by atoms with van der Waals surface area (Å²) in [6.07, 6.45) is 8.57. The van der Waals surface area contributed by atoms with Gasteiger partial charge in [-0.2, -0.15) is 0 Å². The Balaban J connectivity index is 1.47. The zero-order valence-corrected chi connectivity index (χ0v) is 17.4. The first kappa shape index (κ1) is 20.3. The zero-order valence-electron chi connectivity index (χ0n) is 16.5. The molecule has 1 saturated carbocycles. The molecule has 0 spiro atoms. The summed E-state index contributed by atoms with van der Waals surface area (Å²) in [5, 5.41) is 0. The summed E-state index contributed by atoms with van der Waals surface area (Å²) < 4.78 is 32.1. The van der Waals surface area contributed by atoms with Crippen molar-refractivity contribution in [3.8, 4) is 5.75 Å². The third-order valence-corrected chi connectivity index (χ3v) is 7.00. The highest BCUT2D eigenvalue weighted by Crippen LogP contribution is 2.46. The first-order valence-corrected chi connectivity index (χ1v) is 11.9.